The van der Waals surface area contributed by atoms with Crippen molar-refractivity contribution in [1.29, 1.82) is 0 Å². The van der Waals surface area contributed by atoms with Gasteiger partial charge in [-0.1, -0.05) is 0 Å². The average molecular weight is 200 g/mol. The molecule has 2 atom stereocenters. The van der Waals surface area contributed by atoms with Gasteiger partial charge in [-0.2, -0.15) is 0 Å². The summed E-state index contributed by atoms with van der Waals surface area (Å²) in [6.07, 6.45) is 2.00. The van der Waals surface area contributed by atoms with Crippen molar-refractivity contribution in [2.24, 2.45) is 5.73 Å². The number of rotatable bonds is 1. The standard InChI is InChI=1S/C10H20N2O2/c1-10(2,3)12(9(13)14)8-6-4-5-7(8)11/h7-8H,4-6,11H2,1-3H3,(H,13,14)/t7-,8+/m1/s1. The maximum absolute atomic E-state index is 11.1. The number of hydrogen-bond donors (Lipinski definition) is 2. The van der Waals surface area contributed by atoms with Crippen LogP contribution in [0.5, 0.6) is 0 Å². The molecular formula is C10H20N2O2. The summed E-state index contributed by atoms with van der Waals surface area (Å²) in [4.78, 5) is 12.7. The van der Waals surface area contributed by atoms with E-state index in [2.05, 4.69) is 0 Å². The van der Waals surface area contributed by atoms with E-state index in [0.717, 1.165) is 19.3 Å². The van der Waals surface area contributed by atoms with E-state index >= 15 is 0 Å². The fraction of sp³-hybridized carbons (Fsp3) is 0.900. The van der Waals surface area contributed by atoms with Crippen molar-refractivity contribution in [2.75, 3.05) is 0 Å². The van der Waals surface area contributed by atoms with Gasteiger partial charge in [0.15, 0.2) is 0 Å². The first-order valence-electron chi connectivity index (χ1n) is 5.12. The Balaban J connectivity index is 2.83. The van der Waals surface area contributed by atoms with E-state index in [0.29, 0.717) is 0 Å². The Morgan fingerprint density at radius 2 is 2.00 bits per heavy atom. The van der Waals surface area contributed by atoms with Gasteiger partial charge in [0.1, 0.15) is 0 Å². The highest BCUT2D eigenvalue weighted by atomic mass is 16.4. The van der Waals surface area contributed by atoms with Gasteiger partial charge in [0.25, 0.3) is 0 Å². The predicted octanol–water partition coefficient (Wildman–Crippen LogP) is 1.64. The number of nitrogens with two attached hydrogens (primary N) is 1. The zero-order valence-electron chi connectivity index (χ0n) is 9.16. The van der Waals surface area contributed by atoms with Crippen LogP contribution in [0.4, 0.5) is 4.79 Å². The monoisotopic (exact) mass is 200 g/mol. The first kappa shape index (κ1) is 11.3. The summed E-state index contributed by atoms with van der Waals surface area (Å²) in [6.45, 7) is 5.73. The van der Waals surface area contributed by atoms with Crippen molar-refractivity contribution in [3.63, 3.8) is 0 Å². The number of carbonyl (C=O) groups is 1. The van der Waals surface area contributed by atoms with Crippen LogP contribution >= 0.6 is 0 Å². The van der Waals surface area contributed by atoms with Gasteiger partial charge < -0.3 is 10.8 Å². The molecule has 1 rings (SSSR count). The second-order valence-corrected chi connectivity index (χ2v) is 4.99. The SMILES string of the molecule is CC(C)(C)N(C(=O)O)[C@H]1CCC[C@H]1N. The third-order valence-electron chi connectivity index (χ3n) is 2.79. The zero-order chi connectivity index (χ0) is 10.9. The lowest BCUT2D eigenvalue weighted by molar-refractivity contribution is 0.0671. The molecule has 0 radical (unpaired) electrons. The lowest BCUT2D eigenvalue weighted by Gasteiger charge is -2.39. The molecule has 1 fully saturated rings. The Hall–Kier alpha value is -0.770. The molecule has 0 aromatic rings. The molecule has 0 saturated heterocycles. The highest BCUT2D eigenvalue weighted by molar-refractivity contribution is 5.66. The largest absolute Gasteiger partial charge is 0.465 e. The maximum atomic E-state index is 11.1. The third-order valence-corrected chi connectivity index (χ3v) is 2.79. The molecule has 14 heavy (non-hydrogen) atoms. The molecule has 0 aromatic heterocycles. The van der Waals surface area contributed by atoms with Gasteiger partial charge >= 0.3 is 6.09 Å². The molecule has 1 aliphatic carbocycles. The van der Waals surface area contributed by atoms with Gasteiger partial charge in [0, 0.05) is 11.6 Å². The Kier molecular flexibility index (Phi) is 3.04. The van der Waals surface area contributed by atoms with Gasteiger partial charge in [-0.05, 0) is 40.0 Å². The van der Waals surface area contributed by atoms with Crippen molar-refractivity contribution in [1.82, 2.24) is 4.90 Å². The Bertz CT molecular complexity index is 223. The van der Waals surface area contributed by atoms with Crippen molar-refractivity contribution in [3.05, 3.63) is 0 Å². The van der Waals surface area contributed by atoms with Crippen molar-refractivity contribution in [2.45, 2.75) is 57.7 Å². The molecule has 1 saturated carbocycles. The van der Waals surface area contributed by atoms with Crippen LogP contribution in [0.3, 0.4) is 0 Å². The molecule has 0 spiro atoms. The molecule has 0 unspecified atom stereocenters. The van der Waals surface area contributed by atoms with Crippen LogP contribution in [-0.2, 0) is 0 Å². The van der Waals surface area contributed by atoms with Crippen molar-refractivity contribution < 1.29 is 9.90 Å². The minimum absolute atomic E-state index is 0.00493. The normalized spacial score (nSPS) is 27.7. The van der Waals surface area contributed by atoms with Gasteiger partial charge in [0.2, 0.25) is 0 Å². The summed E-state index contributed by atoms with van der Waals surface area (Å²) in [5.74, 6) is 0. The van der Waals surface area contributed by atoms with Gasteiger partial charge in [0.05, 0.1) is 6.04 Å². The third kappa shape index (κ3) is 2.18. The van der Waals surface area contributed by atoms with Crippen molar-refractivity contribution in [3.8, 4) is 0 Å². The number of carboxylic acid groups (broad SMARTS) is 1. The average Bonchev–Trinajstić information content (AvgIpc) is 2.32. The lowest BCUT2D eigenvalue weighted by atomic mass is 10.0. The van der Waals surface area contributed by atoms with Gasteiger partial charge in [-0.15, -0.1) is 0 Å². The number of nitrogens with zero attached hydrogens (tertiary/aromatic N) is 1. The summed E-state index contributed by atoms with van der Waals surface area (Å²) < 4.78 is 0. The highest BCUT2D eigenvalue weighted by Gasteiger charge is 2.38. The molecule has 1 aliphatic rings. The van der Waals surface area contributed by atoms with Crippen LogP contribution in [0.15, 0.2) is 0 Å². The van der Waals surface area contributed by atoms with E-state index in [1.165, 1.54) is 4.90 Å². The molecule has 1 amide bonds. The molecular weight excluding hydrogens is 180 g/mol. The van der Waals surface area contributed by atoms with Crippen LogP contribution in [-0.4, -0.2) is 33.7 Å². The second-order valence-electron chi connectivity index (χ2n) is 4.99. The molecule has 0 aromatic carbocycles. The van der Waals surface area contributed by atoms with E-state index < -0.39 is 6.09 Å². The van der Waals surface area contributed by atoms with Crippen LogP contribution in [0.2, 0.25) is 0 Å². The summed E-state index contributed by atoms with van der Waals surface area (Å²) in [7, 11) is 0. The highest BCUT2D eigenvalue weighted by Crippen LogP contribution is 2.28. The van der Waals surface area contributed by atoms with E-state index in [4.69, 9.17) is 10.8 Å². The minimum atomic E-state index is -0.861. The summed E-state index contributed by atoms with van der Waals surface area (Å²) in [5, 5.41) is 9.16. The first-order chi connectivity index (χ1) is 6.34. The summed E-state index contributed by atoms with van der Waals surface area (Å²) >= 11 is 0. The second kappa shape index (κ2) is 3.77. The van der Waals surface area contributed by atoms with Gasteiger partial charge in [-0.25, -0.2) is 4.79 Å². The lowest BCUT2D eigenvalue weighted by Crippen LogP contribution is -2.55. The van der Waals surface area contributed by atoms with E-state index in [-0.39, 0.29) is 17.6 Å². The van der Waals surface area contributed by atoms with E-state index in [9.17, 15) is 4.79 Å². The molecule has 0 aliphatic heterocycles. The quantitative estimate of drug-likeness (QED) is 0.676. The van der Waals surface area contributed by atoms with Crippen LogP contribution < -0.4 is 5.73 Å². The summed E-state index contributed by atoms with van der Waals surface area (Å²) in [5.41, 5.74) is 5.55. The molecule has 4 heteroatoms. The Morgan fingerprint density at radius 1 is 1.43 bits per heavy atom. The number of hydrogen-bond acceptors (Lipinski definition) is 2. The van der Waals surface area contributed by atoms with Crippen LogP contribution in [0, 0.1) is 0 Å². The molecule has 0 bridgehead atoms. The molecule has 0 heterocycles. The smallest absolute Gasteiger partial charge is 0.408 e. The first-order valence-corrected chi connectivity index (χ1v) is 5.12. The topological polar surface area (TPSA) is 66.6 Å². The van der Waals surface area contributed by atoms with Crippen LogP contribution in [0.1, 0.15) is 40.0 Å². The molecule has 4 nitrogen and oxygen atoms in total. The maximum Gasteiger partial charge on any atom is 0.408 e. The van der Waals surface area contributed by atoms with E-state index in [1.54, 1.807) is 0 Å². The molecule has 3 N–H and O–H groups in total. The summed E-state index contributed by atoms with van der Waals surface area (Å²) in [6, 6.07) is -0.00201. The fourth-order valence-corrected chi connectivity index (χ4v) is 2.22. The van der Waals surface area contributed by atoms with Crippen LogP contribution in [0.25, 0.3) is 0 Å². The Morgan fingerprint density at radius 3 is 2.29 bits per heavy atom. The van der Waals surface area contributed by atoms with Gasteiger partial charge in [-0.3, -0.25) is 4.90 Å². The fourth-order valence-electron chi connectivity index (χ4n) is 2.22. The van der Waals surface area contributed by atoms with E-state index in [1.807, 2.05) is 20.8 Å². The predicted molar refractivity (Wildman–Crippen MR) is 55.2 cm³/mol. The zero-order valence-corrected chi connectivity index (χ0v) is 9.16. The van der Waals surface area contributed by atoms with Crippen molar-refractivity contribution >= 4 is 6.09 Å². The number of amides is 1. The minimum Gasteiger partial charge on any atom is -0.465 e. The Labute approximate surface area is 85.1 Å². The molecule has 82 valence electrons.